The van der Waals surface area contributed by atoms with Crippen LogP contribution in [0.15, 0.2) is 67.3 Å². The van der Waals surface area contributed by atoms with Crippen molar-refractivity contribution in [2.24, 2.45) is 0 Å². The molecule has 0 bridgehead atoms. The first-order valence-corrected chi connectivity index (χ1v) is 24.4. The number of benzene rings is 2. The first kappa shape index (κ1) is 52.7. The Balaban J connectivity index is 0.947. The van der Waals surface area contributed by atoms with Gasteiger partial charge >= 0.3 is 12.0 Å². The number of carbonyl (C=O) groups excluding carboxylic acids is 8. The van der Waals surface area contributed by atoms with E-state index in [2.05, 4.69) is 52.2 Å². The first-order valence-electron chi connectivity index (χ1n) is 23.4. The molecule has 8 amide bonds. The Hall–Kier alpha value is -7.63. The molecule has 71 heavy (non-hydrogen) atoms. The van der Waals surface area contributed by atoms with Crippen molar-refractivity contribution in [2.75, 3.05) is 50.8 Å². The van der Waals surface area contributed by atoms with Gasteiger partial charge in [0.15, 0.2) is 17.2 Å². The lowest BCUT2D eigenvalue weighted by Crippen LogP contribution is -2.48. The maximum atomic E-state index is 13.6. The molecular weight excluding hydrogens is 939 g/mol. The van der Waals surface area contributed by atoms with Crippen molar-refractivity contribution in [3.05, 3.63) is 83.9 Å². The number of anilines is 1. The van der Waals surface area contributed by atoms with E-state index >= 15 is 0 Å². The van der Waals surface area contributed by atoms with E-state index in [-0.39, 0.29) is 105 Å². The molecule has 0 saturated carbocycles. The number of thioether (sulfide) groups is 1. The molecule has 0 aliphatic carbocycles. The number of carboxylic acids is 1. The zero-order valence-electron chi connectivity index (χ0n) is 39.0. The lowest BCUT2D eigenvalue weighted by molar-refractivity contribution is -0.139. The van der Waals surface area contributed by atoms with Crippen LogP contribution in [0.25, 0.3) is 11.2 Å². The third-order valence-electron chi connectivity index (χ3n) is 11.8. The summed E-state index contributed by atoms with van der Waals surface area (Å²) in [4.78, 5) is 127. The second-order valence-corrected chi connectivity index (χ2v) is 18.3. The van der Waals surface area contributed by atoms with Crippen LogP contribution < -0.4 is 43.0 Å². The van der Waals surface area contributed by atoms with E-state index in [1.165, 1.54) is 17.2 Å². The predicted molar refractivity (Wildman–Crippen MR) is 260 cm³/mol. The predicted octanol–water partition coefficient (Wildman–Crippen LogP) is 0.0312. The Morgan fingerprint density at radius 1 is 0.789 bits per heavy atom. The number of aromatic nitrogens is 4. The normalized spacial score (nSPS) is 16.2. The first-order chi connectivity index (χ1) is 34.2. The third kappa shape index (κ3) is 16.2. The van der Waals surface area contributed by atoms with E-state index in [1.54, 1.807) is 48.5 Å². The topological polar surface area (TPSA) is 331 Å². The number of hydrogen-bond donors (Lipinski definition) is 9. The van der Waals surface area contributed by atoms with Crippen LogP contribution in [0.4, 0.5) is 10.6 Å². The highest BCUT2D eigenvalue weighted by Crippen LogP contribution is 2.33. The number of carbonyl (C=O) groups is 9. The van der Waals surface area contributed by atoms with Gasteiger partial charge in [-0.15, -0.1) is 0 Å². The summed E-state index contributed by atoms with van der Waals surface area (Å²) in [7, 11) is 0. The number of unbranched alkanes of at least 4 members (excludes halogenated alkanes) is 1. The van der Waals surface area contributed by atoms with Gasteiger partial charge in [0, 0.05) is 74.0 Å². The zero-order valence-corrected chi connectivity index (χ0v) is 39.8. The molecule has 0 radical (unpaired) electrons. The monoisotopic (exact) mass is 997 g/mol. The summed E-state index contributed by atoms with van der Waals surface area (Å²) >= 11 is 1.83. The number of fused-ring (bicyclic) bond motifs is 2. The molecular formula is C47H59N13O10S. The van der Waals surface area contributed by atoms with Crippen LogP contribution in [-0.4, -0.2) is 151 Å². The molecule has 2 fully saturated rings. The van der Waals surface area contributed by atoms with Crippen LogP contribution in [0.2, 0.25) is 0 Å². The highest BCUT2D eigenvalue weighted by Gasteiger charge is 2.42. The molecule has 4 heterocycles. The summed E-state index contributed by atoms with van der Waals surface area (Å²) in [6.07, 6.45) is 6.02. The minimum atomic E-state index is -1.27. The summed E-state index contributed by atoms with van der Waals surface area (Å²) in [6.45, 7) is -1.26. The number of imidazole rings is 1. The lowest BCUT2D eigenvalue weighted by atomic mass is 9.99. The number of aliphatic carboxylic acids is 1. The summed E-state index contributed by atoms with van der Waals surface area (Å²) in [5.41, 5.74) is 8.09. The zero-order chi connectivity index (χ0) is 50.7. The van der Waals surface area contributed by atoms with Gasteiger partial charge in [0.2, 0.25) is 35.4 Å². The molecule has 24 heteroatoms. The second-order valence-electron chi connectivity index (χ2n) is 17.1. The smallest absolute Gasteiger partial charge is 0.322 e. The summed E-state index contributed by atoms with van der Waals surface area (Å²) in [5, 5.41) is 28.6. The fraction of sp³-hybridized carbons (Fsp3) is 0.447. The summed E-state index contributed by atoms with van der Waals surface area (Å²) in [5.74, 6) is -3.14. The van der Waals surface area contributed by atoms with Crippen molar-refractivity contribution < 1.29 is 48.3 Å². The number of nitrogen functional groups attached to an aromatic ring is 1. The lowest BCUT2D eigenvalue weighted by Gasteiger charge is -2.22. The maximum Gasteiger partial charge on any atom is 0.322 e. The average molecular weight is 998 g/mol. The number of urea groups is 1. The number of amides is 8. The molecule has 4 aromatic rings. The molecule has 0 spiro atoms. The fourth-order valence-electron chi connectivity index (χ4n) is 8.06. The summed E-state index contributed by atoms with van der Waals surface area (Å²) in [6, 6.07) is 14.7. The Kier molecular flexibility index (Phi) is 19.6. The van der Waals surface area contributed by atoms with Crippen LogP contribution in [0, 0.1) is 0 Å². The second kappa shape index (κ2) is 26.4. The number of hydrogen-bond acceptors (Lipinski definition) is 14. The average Bonchev–Trinajstić information content (AvgIpc) is 4.06. The van der Waals surface area contributed by atoms with Gasteiger partial charge < -0.3 is 57.5 Å². The van der Waals surface area contributed by atoms with Crippen molar-refractivity contribution in [3.8, 4) is 0 Å². The van der Waals surface area contributed by atoms with Gasteiger partial charge in [-0.25, -0.2) is 19.7 Å². The standard InChI is InChI=1S/C47H59N13O10S/c48-44-42-45(54-27-53-44)60(28-55-42)25-39(65)59(24-38(64)52-23-40(66)67)21-20-50-36(62)12-6-19-51-46(69)32(22-29-14-16-31(17-15-29)43(68)30-8-2-1-3-9-30)56-37(63)13-7-18-49-35(61)11-5-4-10-34-41-33(26-71-34)57-47(70)58-41/h1-3,8-9,14-17,27-28,32-34,41H,4-7,10-13,18-26H2,(H,49,61)(H,50,62)(H,51,69)(H,52,64)(H,56,63)(H,66,67)(H2,48,53,54)(H2,57,58,70)/t32-,33-,34-,41-/m0/s1. The van der Waals surface area contributed by atoms with Crippen LogP contribution >= 0.6 is 11.8 Å². The highest BCUT2D eigenvalue weighted by atomic mass is 32.2. The van der Waals surface area contributed by atoms with Crippen LogP contribution in [0.3, 0.4) is 0 Å². The van der Waals surface area contributed by atoms with E-state index in [0.29, 0.717) is 41.2 Å². The van der Waals surface area contributed by atoms with Gasteiger partial charge in [-0.3, -0.25) is 38.4 Å². The van der Waals surface area contributed by atoms with E-state index in [9.17, 15) is 43.2 Å². The van der Waals surface area contributed by atoms with Gasteiger partial charge in [-0.2, -0.15) is 11.8 Å². The van der Waals surface area contributed by atoms with Crippen LogP contribution in [0.5, 0.6) is 0 Å². The van der Waals surface area contributed by atoms with E-state index in [0.717, 1.165) is 23.5 Å². The van der Waals surface area contributed by atoms with Gasteiger partial charge in [0.1, 0.15) is 31.0 Å². The van der Waals surface area contributed by atoms with Crippen LogP contribution in [0.1, 0.15) is 72.9 Å². The van der Waals surface area contributed by atoms with Crippen molar-refractivity contribution in [2.45, 2.75) is 87.7 Å². The van der Waals surface area contributed by atoms with E-state index in [4.69, 9.17) is 10.8 Å². The van der Waals surface area contributed by atoms with Gasteiger partial charge in [0.25, 0.3) is 0 Å². The SMILES string of the molecule is Nc1ncnc2c1ncn2CC(=O)N(CCNC(=O)CCCNC(=O)[C@H](Cc1ccc(C(=O)c2ccccc2)cc1)NC(=O)CCCNC(=O)CCCC[C@@H]1SC[C@@H]2NC(=O)N[C@@H]21)CC(=O)NCC(=O)O. The van der Waals surface area contributed by atoms with Gasteiger partial charge in [-0.1, -0.05) is 61.0 Å². The number of nitrogens with two attached hydrogens (primary N) is 1. The molecule has 0 unspecified atom stereocenters. The molecule has 23 nitrogen and oxygen atoms in total. The van der Waals surface area contributed by atoms with Crippen molar-refractivity contribution in [3.63, 3.8) is 0 Å². The molecule has 4 atom stereocenters. The van der Waals surface area contributed by atoms with Crippen molar-refractivity contribution in [1.29, 1.82) is 0 Å². The molecule has 2 saturated heterocycles. The third-order valence-corrected chi connectivity index (χ3v) is 13.3. The maximum absolute atomic E-state index is 13.6. The molecule has 2 aliphatic rings. The Morgan fingerprint density at radius 3 is 2.23 bits per heavy atom. The molecule has 10 N–H and O–H groups in total. The van der Waals surface area contributed by atoms with E-state index in [1.807, 2.05) is 17.8 Å². The number of nitrogens with zero attached hydrogens (tertiary/aromatic N) is 5. The van der Waals surface area contributed by atoms with Crippen molar-refractivity contribution in [1.82, 2.24) is 61.6 Å². The van der Waals surface area contributed by atoms with Crippen LogP contribution in [-0.2, 0) is 46.5 Å². The van der Waals surface area contributed by atoms with Gasteiger partial charge in [0.05, 0.1) is 25.0 Å². The quantitative estimate of drug-likeness (QED) is 0.0206. The number of carboxylic acid groups (broad SMARTS) is 1. The van der Waals surface area contributed by atoms with E-state index < -0.39 is 54.6 Å². The number of rotatable bonds is 28. The minimum absolute atomic E-state index is 0.0209. The number of ketones is 1. The molecule has 378 valence electrons. The molecule has 2 aliphatic heterocycles. The van der Waals surface area contributed by atoms with Crippen molar-refractivity contribution >= 4 is 82.0 Å². The molecule has 6 rings (SSSR count). The minimum Gasteiger partial charge on any atom is -0.480 e. The fourth-order valence-corrected chi connectivity index (χ4v) is 9.60. The molecule has 2 aromatic heterocycles. The highest BCUT2D eigenvalue weighted by molar-refractivity contribution is 8.00. The number of nitrogens with one attached hydrogen (secondary N) is 7. The Morgan fingerprint density at radius 2 is 1.48 bits per heavy atom. The Bertz CT molecular complexity index is 2550. The van der Waals surface area contributed by atoms with Gasteiger partial charge in [-0.05, 0) is 31.2 Å². The molecule has 2 aromatic carbocycles. The largest absolute Gasteiger partial charge is 0.480 e. The summed E-state index contributed by atoms with van der Waals surface area (Å²) < 4.78 is 1.42. The Labute approximate surface area is 413 Å².